The van der Waals surface area contributed by atoms with Crippen molar-refractivity contribution < 1.29 is 13.5 Å². The molecule has 1 saturated heterocycles. The lowest BCUT2D eigenvalue weighted by molar-refractivity contribution is 0.116. The lowest BCUT2D eigenvalue weighted by Gasteiger charge is -2.26. The number of nitrogens with two attached hydrogens (primary N) is 1. The Labute approximate surface area is 102 Å². The lowest BCUT2D eigenvalue weighted by Crippen LogP contribution is -2.36. The van der Waals surface area contributed by atoms with Gasteiger partial charge in [0, 0.05) is 30.6 Å². The van der Waals surface area contributed by atoms with Gasteiger partial charge >= 0.3 is 0 Å². The normalized spacial score (nSPS) is 18.7. The van der Waals surface area contributed by atoms with Crippen LogP contribution in [-0.2, 0) is 11.2 Å². The van der Waals surface area contributed by atoms with E-state index in [1.54, 1.807) is 6.20 Å². The van der Waals surface area contributed by atoms with Crippen molar-refractivity contribution in [1.29, 1.82) is 0 Å². The van der Waals surface area contributed by atoms with Crippen LogP contribution in [-0.4, -0.2) is 43.8 Å². The molecule has 1 fully saturated rings. The molecule has 0 aromatic carbocycles. The summed E-state index contributed by atoms with van der Waals surface area (Å²) in [6.45, 7) is 2.97. The Morgan fingerprint density at radius 2 is 2.18 bits per heavy atom. The number of halogens is 2. The molecule has 17 heavy (non-hydrogen) atoms. The molecule has 7 heteroatoms. The summed E-state index contributed by atoms with van der Waals surface area (Å²) < 4.78 is 29.9. The summed E-state index contributed by atoms with van der Waals surface area (Å²) in [6, 6.07) is -1.10. The van der Waals surface area contributed by atoms with Gasteiger partial charge in [-0.1, -0.05) is 0 Å². The highest BCUT2D eigenvalue weighted by Crippen LogP contribution is 2.24. The summed E-state index contributed by atoms with van der Waals surface area (Å²) in [7, 11) is 0. The van der Waals surface area contributed by atoms with Gasteiger partial charge < -0.3 is 15.4 Å². The molecule has 0 saturated carbocycles. The predicted molar refractivity (Wildman–Crippen MR) is 62.8 cm³/mol. The fourth-order valence-electron chi connectivity index (χ4n) is 1.61. The Balaban J connectivity index is 1.95. The van der Waals surface area contributed by atoms with Gasteiger partial charge in [0.1, 0.15) is 0 Å². The zero-order chi connectivity index (χ0) is 12.3. The number of hydrogen-bond acceptors (Lipinski definition) is 5. The second-order valence-corrected chi connectivity index (χ2v) is 5.00. The van der Waals surface area contributed by atoms with Crippen LogP contribution in [0.15, 0.2) is 6.20 Å². The molecule has 0 spiro atoms. The summed E-state index contributed by atoms with van der Waals surface area (Å²) in [5, 5.41) is 0.866. The van der Waals surface area contributed by atoms with Crippen LogP contribution in [0, 0.1) is 0 Å². The third-order valence-electron chi connectivity index (χ3n) is 2.58. The Morgan fingerprint density at radius 1 is 1.47 bits per heavy atom. The minimum atomic E-state index is -2.48. The molecule has 2 heterocycles. The molecule has 96 valence electrons. The standard InChI is InChI=1S/C10H15F2N3OS/c11-9(12)8(13)5-7-6-14-10(17-7)15-1-3-16-4-2-15/h6,8-9H,1-5,13H2. The van der Waals surface area contributed by atoms with E-state index in [9.17, 15) is 8.78 Å². The molecule has 0 aliphatic carbocycles. The van der Waals surface area contributed by atoms with Crippen LogP contribution >= 0.6 is 11.3 Å². The highest BCUT2D eigenvalue weighted by atomic mass is 32.1. The molecule has 1 atom stereocenters. The van der Waals surface area contributed by atoms with E-state index in [1.807, 2.05) is 0 Å². The predicted octanol–water partition coefficient (Wildman–Crippen LogP) is 1.11. The number of nitrogens with zero attached hydrogens (tertiary/aromatic N) is 2. The van der Waals surface area contributed by atoms with Gasteiger partial charge in [0.2, 0.25) is 0 Å². The molecular formula is C10H15F2N3OS. The molecule has 1 aliphatic rings. The molecule has 1 aromatic rings. The zero-order valence-electron chi connectivity index (χ0n) is 9.31. The van der Waals surface area contributed by atoms with Crippen molar-refractivity contribution in [1.82, 2.24) is 4.98 Å². The highest BCUT2D eigenvalue weighted by Gasteiger charge is 2.19. The number of alkyl halides is 2. The number of morpholine rings is 1. The van der Waals surface area contributed by atoms with Crippen molar-refractivity contribution in [3.63, 3.8) is 0 Å². The topological polar surface area (TPSA) is 51.4 Å². The molecule has 4 nitrogen and oxygen atoms in total. The Bertz CT molecular complexity index is 355. The van der Waals surface area contributed by atoms with Crippen molar-refractivity contribution in [2.45, 2.75) is 18.9 Å². The molecule has 0 amide bonds. The first kappa shape index (κ1) is 12.7. The van der Waals surface area contributed by atoms with Crippen molar-refractivity contribution >= 4 is 16.5 Å². The van der Waals surface area contributed by atoms with E-state index in [1.165, 1.54) is 11.3 Å². The van der Waals surface area contributed by atoms with E-state index in [4.69, 9.17) is 10.5 Å². The number of ether oxygens (including phenoxy) is 1. The van der Waals surface area contributed by atoms with Crippen LogP contribution in [0.1, 0.15) is 4.88 Å². The van der Waals surface area contributed by atoms with E-state index in [-0.39, 0.29) is 6.42 Å². The maximum Gasteiger partial charge on any atom is 0.253 e. The van der Waals surface area contributed by atoms with Gasteiger partial charge in [-0.15, -0.1) is 11.3 Å². The second-order valence-electron chi connectivity index (χ2n) is 3.91. The average Bonchev–Trinajstić information content (AvgIpc) is 2.78. The number of hydrogen-bond donors (Lipinski definition) is 1. The third kappa shape index (κ3) is 3.34. The molecule has 2 N–H and O–H groups in total. The Kier molecular flexibility index (Phi) is 4.25. The van der Waals surface area contributed by atoms with Crippen LogP contribution in [0.25, 0.3) is 0 Å². The molecule has 0 radical (unpaired) electrons. The van der Waals surface area contributed by atoms with E-state index >= 15 is 0 Å². The van der Waals surface area contributed by atoms with E-state index in [2.05, 4.69) is 9.88 Å². The molecule has 1 aliphatic heterocycles. The SMILES string of the molecule is NC(Cc1cnc(N2CCOCC2)s1)C(F)F. The summed E-state index contributed by atoms with van der Waals surface area (Å²) in [6.07, 6.45) is -0.666. The van der Waals surface area contributed by atoms with E-state index < -0.39 is 12.5 Å². The molecule has 2 rings (SSSR count). The van der Waals surface area contributed by atoms with Crippen LogP contribution in [0.5, 0.6) is 0 Å². The Hall–Kier alpha value is -0.790. The van der Waals surface area contributed by atoms with Gasteiger partial charge in [0.05, 0.1) is 19.3 Å². The van der Waals surface area contributed by atoms with Gasteiger partial charge in [-0.3, -0.25) is 0 Å². The van der Waals surface area contributed by atoms with Gasteiger partial charge in [0.15, 0.2) is 5.13 Å². The van der Waals surface area contributed by atoms with E-state index in [0.717, 1.165) is 23.1 Å². The van der Waals surface area contributed by atoms with Crippen molar-refractivity contribution in [3.8, 4) is 0 Å². The number of aromatic nitrogens is 1. The summed E-state index contributed by atoms with van der Waals surface area (Å²) in [5.74, 6) is 0. The quantitative estimate of drug-likeness (QED) is 0.884. The van der Waals surface area contributed by atoms with Crippen LogP contribution in [0.2, 0.25) is 0 Å². The van der Waals surface area contributed by atoms with Crippen molar-refractivity contribution in [3.05, 3.63) is 11.1 Å². The molecular weight excluding hydrogens is 248 g/mol. The van der Waals surface area contributed by atoms with Crippen molar-refractivity contribution in [2.75, 3.05) is 31.2 Å². The highest BCUT2D eigenvalue weighted by molar-refractivity contribution is 7.15. The zero-order valence-corrected chi connectivity index (χ0v) is 10.1. The lowest BCUT2D eigenvalue weighted by atomic mass is 10.2. The maximum absolute atomic E-state index is 12.3. The first-order chi connectivity index (χ1) is 8.16. The smallest absolute Gasteiger partial charge is 0.253 e. The van der Waals surface area contributed by atoms with Gasteiger partial charge in [0.25, 0.3) is 6.43 Å². The monoisotopic (exact) mass is 263 g/mol. The van der Waals surface area contributed by atoms with Crippen LogP contribution in [0.4, 0.5) is 13.9 Å². The second kappa shape index (κ2) is 5.70. The summed E-state index contributed by atoms with van der Waals surface area (Å²) in [4.78, 5) is 7.15. The largest absolute Gasteiger partial charge is 0.378 e. The van der Waals surface area contributed by atoms with Gasteiger partial charge in [-0.25, -0.2) is 13.8 Å². The molecule has 1 aromatic heterocycles. The average molecular weight is 263 g/mol. The number of thiazole rings is 1. The minimum Gasteiger partial charge on any atom is -0.378 e. The third-order valence-corrected chi connectivity index (χ3v) is 3.66. The maximum atomic E-state index is 12.3. The molecule has 1 unspecified atom stereocenters. The van der Waals surface area contributed by atoms with E-state index in [0.29, 0.717) is 13.2 Å². The van der Waals surface area contributed by atoms with Gasteiger partial charge in [-0.05, 0) is 0 Å². The van der Waals surface area contributed by atoms with Crippen molar-refractivity contribution in [2.24, 2.45) is 5.73 Å². The molecule has 0 bridgehead atoms. The number of rotatable bonds is 4. The van der Waals surface area contributed by atoms with Crippen LogP contribution < -0.4 is 10.6 Å². The van der Waals surface area contributed by atoms with Crippen LogP contribution in [0.3, 0.4) is 0 Å². The first-order valence-electron chi connectivity index (χ1n) is 5.48. The summed E-state index contributed by atoms with van der Waals surface area (Å²) >= 11 is 1.43. The fourth-order valence-corrected chi connectivity index (χ4v) is 2.65. The summed E-state index contributed by atoms with van der Waals surface area (Å²) in [5.41, 5.74) is 5.33. The van der Waals surface area contributed by atoms with Gasteiger partial charge in [-0.2, -0.15) is 0 Å². The fraction of sp³-hybridized carbons (Fsp3) is 0.700. The minimum absolute atomic E-state index is 0.180. The first-order valence-corrected chi connectivity index (χ1v) is 6.29. The Morgan fingerprint density at radius 3 is 2.82 bits per heavy atom. The number of anilines is 1.